The van der Waals surface area contributed by atoms with Gasteiger partial charge in [0.2, 0.25) is 5.91 Å². The molecular formula is C11H20ClNO4. The first kappa shape index (κ1) is 14.7. The highest BCUT2D eigenvalue weighted by Gasteiger charge is 2.34. The Labute approximate surface area is 106 Å². The van der Waals surface area contributed by atoms with E-state index in [2.05, 4.69) is 5.32 Å². The summed E-state index contributed by atoms with van der Waals surface area (Å²) in [7, 11) is 0. The highest BCUT2D eigenvalue weighted by Crippen LogP contribution is 2.24. The van der Waals surface area contributed by atoms with Crippen LogP contribution in [0.15, 0.2) is 0 Å². The Kier molecular flexibility index (Phi) is 6.19. The first-order valence-corrected chi connectivity index (χ1v) is 6.28. The summed E-state index contributed by atoms with van der Waals surface area (Å²) in [6.45, 7) is 3.50. The largest absolute Gasteiger partial charge is 0.394 e. The van der Waals surface area contributed by atoms with E-state index in [1.54, 1.807) is 6.92 Å². The summed E-state index contributed by atoms with van der Waals surface area (Å²) in [5.41, 5.74) is -0.428. The number of hydrogen-bond donors (Lipinski definition) is 2. The van der Waals surface area contributed by atoms with Crippen LogP contribution in [0.25, 0.3) is 0 Å². The molecule has 1 aliphatic heterocycles. The van der Waals surface area contributed by atoms with Crippen LogP contribution in [-0.2, 0) is 14.3 Å². The molecule has 1 amide bonds. The second kappa shape index (κ2) is 7.16. The topological polar surface area (TPSA) is 67.8 Å². The maximum absolute atomic E-state index is 11.4. The number of aliphatic hydroxyl groups excluding tert-OH is 1. The molecule has 1 rings (SSSR count). The fraction of sp³-hybridized carbons (Fsp3) is 0.909. The van der Waals surface area contributed by atoms with Gasteiger partial charge in [0, 0.05) is 32.6 Å². The second-order valence-corrected chi connectivity index (χ2v) is 4.86. The summed E-state index contributed by atoms with van der Waals surface area (Å²) in [6, 6.07) is 0. The van der Waals surface area contributed by atoms with Crippen molar-refractivity contribution < 1.29 is 19.4 Å². The van der Waals surface area contributed by atoms with Crippen molar-refractivity contribution in [1.29, 1.82) is 0 Å². The van der Waals surface area contributed by atoms with Crippen molar-refractivity contribution in [2.24, 2.45) is 0 Å². The zero-order valence-corrected chi connectivity index (χ0v) is 10.8. The Hall–Kier alpha value is -0.360. The molecule has 1 unspecified atom stereocenters. The van der Waals surface area contributed by atoms with Gasteiger partial charge in [0.15, 0.2) is 0 Å². The van der Waals surface area contributed by atoms with Crippen LogP contribution in [0.3, 0.4) is 0 Å². The van der Waals surface area contributed by atoms with E-state index < -0.39 is 11.0 Å². The lowest BCUT2D eigenvalue weighted by molar-refractivity contribution is -0.130. The van der Waals surface area contributed by atoms with Gasteiger partial charge in [-0.05, 0) is 6.92 Å². The van der Waals surface area contributed by atoms with Crippen LogP contribution in [0.1, 0.15) is 19.8 Å². The lowest BCUT2D eigenvalue weighted by atomic mass is 9.94. The molecular weight excluding hydrogens is 246 g/mol. The van der Waals surface area contributed by atoms with Gasteiger partial charge in [-0.2, -0.15) is 0 Å². The Morgan fingerprint density at radius 2 is 2.24 bits per heavy atom. The fourth-order valence-electron chi connectivity index (χ4n) is 1.77. The van der Waals surface area contributed by atoms with Crippen molar-refractivity contribution in [3.8, 4) is 0 Å². The Bertz CT molecular complexity index is 242. The molecule has 1 aliphatic rings. The van der Waals surface area contributed by atoms with Gasteiger partial charge in [-0.1, -0.05) is 0 Å². The molecule has 0 aromatic rings. The van der Waals surface area contributed by atoms with Gasteiger partial charge in [0.1, 0.15) is 5.38 Å². The summed E-state index contributed by atoms with van der Waals surface area (Å²) in [5.74, 6) is -0.204. The number of carbonyl (C=O) groups excluding carboxylic acids is 1. The van der Waals surface area contributed by atoms with Crippen molar-refractivity contribution in [1.82, 2.24) is 5.32 Å². The van der Waals surface area contributed by atoms with Crippen LogP contribution < -0.4 is 5.32 Å². The summed E-state index contributed by atoms with van der Waals surface area (Å²) in [4.78, 5) is 11.4. The van der Waals surface area contributed by atoms with E-state index >= 15 is 0 Å². The highest BCUT2D eigenvalue weighted by atomic mass is 35.5. The van der Waals surface area contributed by atoms with Crippen molar-refractivity contribution in [2.75, 3.05) is 33.0 Å². The fourth-order valence-corrected chi connectivity index (χ4v) is 1.84. The van der Waals surface area contributed by atoms with E-state index in [0.29, 0.717) is 32.6 Å². The van der Waals surface area contributed by atoms with Crippen LogP contribution in [0.2, 0.25) is 0 Å². The van der Waals surface area contributed by atoms with Gasteiger partial charge < -0.3 is 19.9 Å². The number of rotatable bonds is 6. The normalized spacial score (nSPS) is 20.9. The molecule has 0 aromatic carbocycles. The Morgan fingerprint density at radius 1 is 1.59 bits per heavy atom. The lowest BCUT2D eigenvalue weighted by Gasteiger charge is -2.37. The molecule has 1 fully saturated rings. The SMILES string of the molecule is CC(Cl)C(=O)NCC1(OCCO)CCOCC1. The molecule has 0 aliphatic carbocycles. The minimum Gasteiger partial charge on any atom is -0.394 e. The molecule has 100 valence electrons. The zero-order chi connectivity index (χ0) is 12.7. The minimum atomic E-state index is -0.551. The van der Waals surface area contributed by atoms with Gasteiger partial charge in [0.25, 0.3) is 0 Å². The van der Waals surface area contributed by atoms with Crippen LogP contribution >= 0.6 is 11.6 Å². The minimum absolute atomic E-state index is 0.0253. The van der Waals surface area contributed by atoms with Crippen LogP contribution in [0.4, 0.5) is 0 Å². The molecule has 17 heavy (non-hydrogen) atoms. The number of ether oxygens (including phenoxy) is 2. The molecule has 2 N–H and O–H groups in total. The quantitative estimate of drug-likeness (QED) is 0.678. The molecule has 1 atom stereocenters. The monoisotopic (exact) mass is 265 g/mol. The number of aliphatic hydroxyl groups is 1. The van der Waals surface area contributed by atoms with Crippen LogP contribution in [0.5, 0.6) is 0 Å². The first-order chi connectivity index (χ1) is 8.09. The average Bonchev–Trinajstić information content (AvgIpc) is 2.34. The third-order valence-electron chi connectivity index (χ3n) is 2.85. The third-order valence-corrected chi connectivity index (χ3v) is 3.05. The lowest BCUT2D eigenvalue weighted by Crippen LogP contribution is -2.50. The van der Waals surface area contributed by atoms with E-state index in [9.17, 15) is 4.79 Å². The highest BCUT2D eigenvalue weighted by molar-refractivity contribution is 6.30. The van der Waals surface area contributed by atoms with Crippen molar-refractivity contribution in [3.63, 3.8) is 0 Å². The van der Waals surface area contributed by atoms with E-state index in [4.69, 9.17) is 26.2 Å². The second-order valence-electron chi connectivity index (χ2n) is 4.20. The molecule has 0 spiro atoms. The summed E-state index contributed by atoms with van der Waals surface area (Å²) < 4.78 is 10.9. The van der Waals surface area contributed by atoms with Gasteiger partial charge in [-0.3, -0.25) is 4.79 Å². The van der Waals surface area contributed by atoms with Gasteiger partial charge in [-0.15, -0.1) is 11.6 Å². The number of amides is 1. The Morgan fingerprint density at radius 3 is 2.76 bits per heavy atom. The Balaban J connectivity index is 2.48. The molecule has 1 heterocycles. The summed E-state index contributed by atoms with van der Waals surface area (Å²) >= 11 is 5.68. The van der Waals surface area contributed by atoms with Crippen molar-refractivity contribution in [2.45, 2.75) is 30.7 Å². The number of nitrogens with one attached hydrogen (secondary N) is 1. The number of hydrogen-bond acceptors (Lipinski definition) is 4. The molecule has 0 bridgehead atoms. The van der Waals surface area contributed by atoms with E-state index in [-0.39, 0.29) is 19.1 Å². The number of halogens is 1. The van der Waals surface area contributed by atoms with Gasteiger partial charge in [0.05, 0.1) is 18.8 Å². The van der Waals surface area contributed by atoms with Gasteiger partial charge in [-0.25, -0.2) is 0 Å². The molecule has 0 radical (unpaired) electrons. The maximum atomic E-state index is 11.4. The van der Waals surface area contributed by atoms with Crippen LogP contribution in [-0.4, -0.2) is 55.0 Å². The molecule has 0 aromatic heterocycles. The first-order valence-electron chi connectivity index (χ1n) is 5.84. The predicted molar refractivity (Wildman–Crippen MR) is 64.1 cm³/mol. The molecule has 0 saturated carbocycles. The van der Waals surface area contributed by atoms with E-state index in [1.165, 1.54) is 0 Å². The van der Waals surface area contributed by atoms with Crippen molar-refractivity contribution >= 4 is 17.5 Å². The number of carbonyl (C=O) groups is 1. The van der Waals surface area contributed by atoms with Crippen LogP contribution in [0, 0.1) is 0 Å². The van der Waals surface area contributed by atoms with E-state index in [1.807, 2.05) is 0 Å². The standard InChI is InChI=1S/C11H20ClNO4/c1-9(12)10(15)13-8-11(17-7-4-14)2-5-16-6-3-11/h9,14H,2-8H2,1H3,(H,13,15). The molecule has 5 nitrogen and oxygen atoms in total. The molecule has 6 heteroatoms. The zero-order valence-electron chi connectivity index (χ0n) is 10.1. The van der Waals surface area contributed by atoms with E-state index in [0.717, 1.165) is 0 Å². The smallest absolute Gasteiger partial charge is 0.237 e. The van der Waals surface area contributed by atoms with Crippen molar-refractivity contribution in [3.05, 3.63) is 0 Å². The average molecular weight is 266 g/mol. The maximum Gasteiger partial charge on any atom is 0.237 e. The number of alkyl halides is 1. The molecule has 1 saturated heterocycles. The summed E-state index contributed by atoms with van der Waals surface area (Å²) in [5, 5.41) is 11.0. The van der Waals surface area contributed by atoms with Gasteiger partial charge >= 0.3 is 0 Å². The predicted octanol–water partition coefficient (Wildman–Crippen LogP) is 0.288. The summed E-state index contributed by atoms with van der Waals surface area (Å²) in [6.07, 6.45) is 1.42. The third kappa shape index (κ3) is 4.79.